The molecule has 0 N–H and O–H groups in total. The van der Waals surface area contributed by atoms with Crippen molar-refractivity contribution >= 4 is 34.2 Å². The molecule has 0 heterocycles. The molecule has 0 aliphatic heterocycles. The lowest BCUT2D eigenvalue weighted by atomic mass is 10.3. The molecule has 8 heteroatoms. The lowest BCUT2D eigenvalue weighted by Gasteiger charge is -2.03. The second kappa shape index (κ2) is 6.50. The number of ether oxygens (including phenoxy) is 1. The van der Waals surface area contributed by atoms with Gasteiger partial charge in [0.2, 0.25) is 0 Å². The van der Waals surface area contributed by atoms with E-state index in [1.807, 2.05) is 0 Å². The number of methoxy groups -OCH3 is 1. The van der Waals surface area contributed by atoms with Crippen LogP contribution in [0.25, 0.3) is 0 Å². The average Bonchev–Trinajstić information content (AvgIpc) is 2.35. The smallest absolute Gasteiger partial charge is 0.315 e. The number of hydrogen-bond acceptors (Lipinski definition) is 6. The van der Waals surface area contributed by atoms with Crippen LogP contribution in [0.1, 0.15) is 0 Å². The van der Waals surface area contributed by atoms with Gasteiger partial charge in [0.25, 0.3) is 5.69 Å². The second-order valence-electron chi connectivity index (χ2n) is 3.21. The summed E-state index contributed by atoms with van der Waals surface area (Å²) in [5.74, 6) is -0.469. The first-order chi connectivity index (χ1) is 8.45. The topological polar surface area (TPSA) is 86.5 Å². The summed E-state index contributed by atoms with van der Waals surface area (Å²) >= 11 is 1.01. The normalized spacial score (nSPS) is 11.9. The lowest BCUT2D eigenvalue weighted by Crippen LogP contribution is -2.03. The van der Waals surface area contributed by atoms with Gasteiger partial charge in [0.15, 0.2) is 0 Å². The van der Waals surface area contributed by atoms with Crippen molar-refractivity contribution in [1.29, 1.82) is 0 Å². The minimum Gasteiger partial charge on any atom is -0.468 e. The molecule has 0 fully saturated rings. The molecule has 98 valence electrons. The highest BCUT2D eigenvalue weighted by molar-refractivity contribution is 8.00. The average molecular weight is 289 g/mol. The van der Waals surface area contributed by atoms with Crippen molar-refractivity contribution in [3.63, 3.8) is 0 Å². The van der Waals surface area contributed by atoms with Gasteiger partial charge in [0.1, 0.15) is 0 Å². The van der Waals surface area contributed by atoms with Crippen LogP contribution in [-0.2, 0) is 20.3 Å². The summed E-state index contributed by atoms with van der Waals surface area (Å²) in [5.41, 5.74) is -0.156. The molecule has 0 aliphatic rings. The van der Waals surface area contributed by atoms with E-state index in [0.29, 0.717) is 9.79 Å². The predicted octanol–water partition coefficient (Wildman–Crippen LogP) is 1.60. The number of rotatable bonds is 5. The summed E-state index contributed by atoms with van der Waals surface area (Å²) in [6.07, 6.45) is 1.44. The Kier molecular flexibility index (Phi) is 5.29. The molecule has 18 heavy (non-hydrogen) atoms. The summed E-state index contributed by atoms with van der Waals surface area (Å²) in [6, 6.07) is 4.29. The van der Waals surface area contributed by atoms with E-state index < -0.39 is 21.7 Å². The van der Waals surface area contributed by atoms with Crippen LogP contribution in [0.2, 0.25) is 0 Å². The predicted molar refractivity (Wildman–Crippen MR) is 68.2 cm³/mol. The fraction of sp³-hybridized carbons (Fsp3) is 0.300. The first-order valence-corrected chi connectivity index (χ1v) is 7.31. The number of carbonyl (C=O) groups excluding carboxylic acids is 1. The Morgan fingerprint density at radius 2 is 2.22 bits per heavy atom. The van der Waals surface area contributed by atoms with Gasteiger partial charge in [-0.15, -0.1) is 11.8 Å². The zero-order chi connectivity index (χ0) is 13.7. The van der Waals surface area contributed by atoms with Crippen LogP contribution in [0.15, 0.2) is 28.0 Å². The summed E-state index contributed by atoms with van der Waals surface area (Å²) < 4.78 is 15.7. The minimum absolute atomic E-state index is 0.00803. The molecule has 6 nitrogen and oxygen atoms in total. The zero-order valence-corrected chi connectivity index (χ0v) is 11.4. The molecule has 1 rings (SSSR count). The zero-order valence-electron chi connectivity index (χ0n) is 9.74. The van der Waals surface area contributed by atoms with Gasteiger partial charge in [-0.2, -0.15) is 0 Å². The molecule has 0 spiro atoms. The Balaban J connectivity index is 3.00. The number of benzene rings is 1. The lowest BCUT2D eigenvalue weighted by molar-refractivity contribution is -0.387. The number of thioether (sulfide) groups is 1. The number of carbonyl (C=O) groups is 1. The molecule has 1 aromatic rings. The highest BCUT2D eigenvalue weighted by Gasteiger charge is 2.17. The van der Waals surface area contributed by atoms with E-state index in [9.17, 15) is 19.1 Å². The van der Waals surface area contributed by atoms with Crippen LogP contribution < -0.4 is 0 Å². The number of nitrogens with zero attached hydrogens (tertiary/aromatic N) is 1. The Labute approximate surface area is 110 Å². The monoisotopic (exact) mass is 289 g/mol. The van der Waals surface area contributed by atoms with Crippen LogP contribution in [0.5, 0.6) is 0 Å². The standard InChI is InChI=1S/C10H11NO5S2/c1-16-10(12)6-17-9-4-3-7(18(2)15)5-8(9)11(13)14/h3-5H,6H2,1-2H3. The van der Waals surface area contributed by atoms with Gasteiger partial charge in [0, 0.05) is 17.2 Å². The Hall–Kier alpha value is -1.41. The van der Waals surface area contributed by atoms with E-state index in [0.717, 1.165) is 11.8 Å². The van der Waals surface area contributed by atoms with Crippen LogP contribution in [-0.4, -0.2) is 34.2 Å². The second-order valence-corrected chi connectivity index (χ2v) is 5.60. The summed E-state index contributed by atoms with van der Waals surface area (Å²) in [6.45, 7) is 0. The van der Waals surface area contributed by atoms with E-state index >= 15 is 0 Å². The van der Waals surface area contributed by atoms with E-state index in [1.165, 1.54) is 25.5 Å². The maximum Gasteiger partial charge on any atom is 0.315 e. The van der Waals surface area contributed by atoms with Gasteiger partial charge in [-0.25, -0.2) is 0 Å². The van der Waals surface area contributed by atoms with Gasteiger partial charge < -0.3 is 4.74 Å². The Bertz CT molecular complexity index is 503. The number of nitro benzene ring substituents is 1. The molecule has 0 aliphatic carbocycles. The summed E-state index contributed by atoms with van der Waals surface area (Å²) in [5, 5.41) is 10.9. The van der Waals surface area contributed by atoms with Gasteiger partial charge in [-0.05, 0) is 12.1 Å². The molecule has 0 saturated heterocycles. The van der Waals surface area contributed by atoms with E-state index in [4.69, 9.17) is 0 Å². The molecule has 1 aromatic carbocycles. The molecular weight excluding hydrogens is 278 g/mol. The molecular formula is C10H11NO5S2. The van der Waals surface area contributed by atoms with Crippen LogP contribution in [0.4, 0.5) is 5.69 Å². The molecule has 0 saturated carbocycles. The number of esters is 1. The van der Waals surface area contributed by atoms with Crippen molar-refractivity contribution in [1.82, 2.24) is 0 Å². The van der Waals surface area contributed by atoms with Gasteiger partial charge in [-0.1, -0.05) is 0 Å². The third kappa shape index (κ3) is 3.81. The van der Waals surface area contributed by atoms with Crippen LogP contribution in [0, 0.1) is 10.1 Å². The molecule has 0 bridgehead atoms. The first kappa shape index (κ1) is 14.7. The van der Waals surface area contributed by atoms with E-state index in [-0.39, 0.29) is 11.4 Å². The maximum absolute atomic E-state index is 11.3. The summed E-state index contributed by atoms with van der Waals surface area (Å²) in [4.78, 5) is 22.0. The SMILES string of the molecule is COC(=O)CSc1ccc(S(C)=O)cc1[N+](=O)[O-]. The van der Waals surface area contributed by atoms with E-state index in [1.54, 1.807) is 6.07 Å². The van der Waals surface area contributed by atoms with E-state index in [2.05, 4.69) is 4.74 Å². The van der Waals surface area contributed by atoms with Gasteiger partial charge in [0.05, 0.1) is 33.5 Å². The van der Waals surface area contributed by atoms with Crippen LogP contribution in [0.3, 0.4) is 0 Å². The number of hydrogen-bond donors (Lipinski definition) is 0. The third-order valence-corrected chi connectivity index (χ3v) is 3.99. The summed E-state index contributed by atoms with van der Waals surface area (Å²) in [7, 11) is -0.0331. The molecule has 0 aromatic heterocycles. The van der Waals surface area contributed by atoms with Crippen molar-refractivity contribution in [3.8, 4) is 0 Å². The van der Waals surface area contributed by atoms with Gasteiger partial charge >= 0.3 is 5.97 Å². The highest BCUT2D eigenvalue weighted by atomic mass is 32.2. The molecule has 0 amide bonds. The third-order valence-electron chi connectivity index (χ3n) is 2.03. The highest BCUT2D eigenvalue weighted by Crippen LogP contribution is 2.30. The van der Waals surface area contributed by atoms with Crippen LogP contribution >= 0.6 is 11.8 Å². The van der Waals surface area contributed by atoms with Crippen molar-refractivity contribution < 1.29 is 18.7 Å². The fourth-order valence-electron chi connectivity index (χ4n) is 1.14. The molecule has 1 unspecified atom stereocenters. The Morgan fingerprint density at radius 1 is 1.56 bits per heavy atom. The van der Waals surface area contributed by atoms with Crippen molar-refractivity contribution in [2.75, 3.05) is 19.1 Å². The maximum atomic E-state index is 11.3. The van der Waals surface area contributed by atoms with Crippen molar-refractivity contribution in [3.05, 3.63) is 28.3 Å². The number of nitro groups is 1. The molecule has 1 atom stereocenters. The quantitative estimate of drug-likeness (QED) is 0.354. The molecule has 0 radical (unpaired) electrons. The first-order valence-electron chi connectivity index (χ1n) is 4.77. The minimum atomic E-state index is -1.28. The largest absolute Gasteiger partial charge is 0.468 e. The van der Waals surface area contributed by atoms with Crippen molar-refractivity contribution in [2.45, 2.75) is 9.79 Å². The fourth-order valence-corrected chi connectivity index (χ4v) is 2.51. The van der Waals surface area contributed by atoms with Gasteiger partial charge in [-0.3, -0.25) is 19.1 Å². The Morgan fingerprint density at radius 3 is 2.72 bits per heavy atom. The van der Waals surface area contributed by atoms with Crippen molar-refractivity contribution in [2.24, 2.45) is 0 Å².